The molecule has 0 aliphatic carbocycles. The zero-order chi connectivity index (χ0) is 25.3. The Morgan fingerprint density at radius 3 is 1.32 bits per heavy atom. The van der Waals surface area contributed by atoms with E-state index in [2.05, 4.69) is 0 Å². The number of hydrogen-bond acceptors (Lipinski definition) is 6. The molecule has 0 amide bonds. The van der Waals surface area contributed by atoms with Crippen molar-refractivity contribution in [3.8, 4) is 23.0 Å². The van der Waals surface area contributed by atoms with Crippen LogP contribution in [0.5, 0.6) is 23.0 Å². The van der Waals surface area contributed by atoms with E-state index in [0.29, 0.717) is 22.6 Å². The molecule has 1 radical (unpaired) electrons. The van der Waals surface area contributed by atoms with Gasteiger partial charge in [0.2, 0.25) is 0 Å². The number of benzene rings is 4. The van der Waals surface area contributed by atoms with Crippen molar-refractivity contribution in [2.24, 2.45) is 9.98 Å². The normalized spacial score (nSPS) is 12.7. The van der Waals surface area contributed by atoms with Crippen LogP contribution in [0, 0.1) is 0 Å². The Morgan fingerprint density at radius 2 is 0.973 bits per heavy atom. The molecule has 0 aliphatic rings. The van der Waals surface area contributed by atoms with Crippen molar-refractivity contribution in [3.05, 3.63) is 119 Å². The monoisotopic (exact) mass is 535 g/mol. The molecule has 37 heavy (non-hydrogen) atoms. The molecule has 4 aromatic carbocycles. The van der Waals surface area contributed by atoms with E-state index < -0.39 is 12.1 Å². The van der Waals surface area contributed by atoms with Crippen molar-refractivity contribution in [1.29, 1.82) is 0 Å². The molecule has 189 valence electrons. The van der Waals surface area contributed by atoms with Gasteiger partial charge in [-0.05, 0) is 47.5 Å². The zero-order valence-electron chi connectivity index (χ0n) is 20.5. The number of ether oxygens (including phenoxy) is 2. The molecule has 0 heterocycles. The number of phenols is 2. The minimum Gasteiger partial charge on any atom is -0.507 e. The van der Waals surface area contributed by atoms with E-state index in [0.717, 1.165) is 11.1 Å². The number of aliphatic imine (C=N–C) groups is 2. The second kappa shape index (κ2) is 13.3. The molecule has 4 aromatic rings. The van der Waals surface area contributed by atoms with E-state index in [9.17, 15) is 10.2 Å². The van der Waals surface area contributed by atoms with Gasteiger partial charge in [0, 0.05) is 40.6 Å². The number of aromatic hydroxyl groups is 2. The SMILES string of the molecule is COc1ccc(O)c(C=NC(c2ccccc2)C(N=Cc2cc(OC)ccc2O)c2ccccc2)c1.[Mn]. The molecule has 0 saturated carbocycles. The van der Waals surface area contributed by atoms with Crippen LogP contribution >= 0.6 is 0 Å². The second-order valence-corrected chi connectivity index (χ2v) is 8.12. The third-order valence-electron chi connectivity index (χ3n) is 5.80. The maximum absolute atomic E-state index is 10.4. The van der Waals surface area contributed by atoms with Crippen molar-refractivity contribution in [1.82, 2.24) is 0 Å². The van der Waals surface area contributed by atoms with Gasteiger partial charge in [-0.2, -0.15) is 0 Å². The van der Waals surface area contributed by atoms with Crippen molar-refractivity contribution >= 4 is 12.4 Å². The van der Waals surface area contributed by atoms with Gasteiger partial charge in [-0.3, -0.25) is 9.98 Å². The predicted octanol–water partition coefficient (Wildman–Crippen LogP) is 6.13. The fraction of sp³-hybridized carbons (Fsp3) is 0.133. The Labute approximate surface area is 227 Å². The van der Waals surface area contributed by atoms with Gasteiger partial charge in [0.25, 0.3) is 0 Å². The van der Waals surface area contributed by atoms with Crippen LogP contribution in [-0.2, 0) is 17.1 Å². The van der Waals surface area contributed by atoms with Crippen LogP contribution in [0.4, 0.5) is 0 Å². The van der Waals surface area contributed by atoms with E-state index >= 15 is 0 Å². The Morgan fingerprint density at radius 1 is 0.595 bits per heavy atom. The van der Waals surface area contributed by atoms with Crippen molar-refractivity contribution in [2.45, 2.75) is 12.1 Å². The Balaban J connectivity index is 0.00000380. The standard InChI is InChI=1S/C30H28N2O4.Mn/c1-35-25-13-15-27(33)23(17-25)19-31-29(21-9-5-3-6-10-21)30(22-11-7-4-8-12-22)32-20-24-18-26(36-2)14-16-28(24)34;/h3-20,29-30,33-34H,1-2H3;. The molecule has 4 rings (SSSR count). The first-order valence-electron chi connectivity index (χ1n) is 11.5. The first-order valence-corrected chi connectivity index (χ1v) is 11.5. The quantitative estimate of drug-likeness (QED) is 0.199. The molecule has 0 aromatic heterocycles. The van der Waals surface area contributed by atoms with Gasteiger partial charge in [-0.1, -0.05) is 60.7 Å². The average molecular weight is 536 g/mol. The Kier molecular flexibility index (Phi) is 9.90. The molecular weight excluding hydrogens is 507 g/mol. The van der Waals surface area contributed by atoms with E-state index in [4.69, 9.17) is 19.5 Å². The fourth-order valence-electron chi connectivity index (χ4n) is 3.85. The summed E-state index contributed by atoms with van der Waals surface area (Å²) < 4.78 is 10.6. The molecule has 0 bridgehead atoms. The molecule has 0 aliphatic heterocycles. The van der Waals surface area contributed by atoms with Crippen LogP contribution in [0.25, 0.3) is 0 Å². The molecule has 2 unspecified atom stereocenters. The summed E-state index contributed by atoms with van der Waals surface area (Å²) in [6, 6.07) is 28.9. The number of methoxy groups -OCH3 is 2. The zero-order valence-corrected chi connectivity index (χ0v) is 21.7. The van der Waals surface area contributed by atoms with Gasteiger partial charge in [0.05, 0.1) is 14.2 Å². The van der Waals surface area contributed by atoms with E-state index in [1.165, 1.54) is 0 Å². The van der Waals surface area contributed by atoms with Crippen LogP contribution in [-0.4, -0.2) is 36.9 Å². The number of hydrogen-bond donors (Lipinski definition) is 2. The summed E-state index contributed by atoms with van der Waals surface area (Å²) in [5.41, 5.74) is 2.99. The second-order valence-electron chi connectivity index (χ2n) is 8.12. The van der Waals surface area contributed by atoms with Gasteiger partial charge in [0.1, 0.15) is 35.1 Å². The largest absolute Gasteiger partial charge is 0.507 e. The van der Waals surface area contributed by atoms with Crippen LogP contribution < -0.4 is 9.47 Å². The van der Waals surface area contributed by atoms with Gasteiger partial charge < -0.3 is 19.7 Å². The summed E-state index contributed by atoms with van der Waals surface area (Å²) in [6.07, 6.45) is 3.29. The smallest absolute Gasteiger partial charge is 0.124 e. The molecule has 0 spiro atoms. The van der Waals surface area contributed by atoms with Crippen LogP contribution in [0.2, 0.25) is 0 Å². The third-order valence-corrected chi connectivity index (χ3v) is 5.80. The summed E-state index contributed by atoms with van der Waals surface area (Å²) in [6.45, 7) is 0. The molecule has 7 heteroatoms. The number of nitrogens with zero attached hydrogens (tertiary/aromatic N) is 2. The Bertz CT molecular complexity index is 1240. The van der Waals surface area contributed by atoms with Crippen molar-refractivity contribution in [2.75, 3.05) is 14.2 Å². The molecule has 2 N–H and O–H groups in total. The minimum atomic E-state index is -0.414. The summed E-state index contributed by atoms with van der Waals surface area (Å²) in [4.78, 5) is 9.81. The van der Waals surface area contributed by atoms with Gasteiger partial charge in [-0.25, -0.2) is 0 Å². The molecule has 6 nitrogen and oxygen atoms in total. The van der Waals surface area contributed by atoms with Gasteiger partial charge >= 0.3 is 0 Å². The van der Waals surface area contributed by atoms with E-state index in [-0.39, 0.29) is 28.6 Å². The molecule has 0 saturated heterocycles. The van der Waals surface area contributed by atoms with Gasteiger partial charge in [-0.15, -0.1) is 0 Å². The maximum atomic E-state index is 10.4. The fourth-order valence-corrected chi connectivity index (χ4v) is 3.85. The van der Waals surface area contributed by atoms with Crippen molar-refractivity contribution in [3.63, 3.8) is 0 Å². The maximum Gasteiger partial charge on any atom is 0.124 e. The summed E-state index contributed by atoms with van der Waals surface area (Å²) in [7, 11) is 3.16. The van der Waals surface area contributed by atoms with Crippen LogP contribution in [0.3, 0.4) is 0 Å². The van der Waals surface area contributed by atoms with Crippen LogP contribution in [0.1, 0.15) is 34.3 Å². The van der Waals surface area contributed by atoms with Crippen molar-refractivity contribution < 1.29 is 36.8 Å². The molecular formula is C30H28MnN2O4. The topological polar surface area (TPSA) is 83.6 Å². The Hall–Kier alpha value is -4.06. The first-order chi connectivity index (χ1) is 17.6. The summed E-state index contributed by atoms with van der Waals surface area (Å²) in [5.74, 6) is 1.45. The molecule has 2 atom stereocenters. The predicted molar refractivity (Wildman–Crippen MR) is 143 cm³/mol. The number of rotatable bonds is 9. The average Bonchev–Trinajstić information content (AvgIpc) is 2.93. The first kappa shape index (κ1) is 27.5. The van der Waals surface area contributed by atoms with Gasteiger partial charge in [0.15, 0.2) is 0 Å². The summed E-state index contributed by atoms with van der Waals surface area (Å²) >= 11 is 0. The number of phenolic OH excluding ortho intramolecular Hbond substituents is 2. The van der Waals surface area contributed by atoms with E-state index in [1.807, 2.05) is 60.7 Å². The summed E-state index contributed by atoms with van der Waals surface area (Å²) in [5, 5.41) is 20.8. The minimum absolute atomic E-state index is 0. The van der Waals surface area contributed by atoms with E-state index in [1.54, 1.807) is 63.0 Å². The third kappa shape index (κ3) is 7.00. The molecule has 0 fully saturated rings. The van der Waals surface area contributed by atoms with Crippen LogP contribution in [0.15, 0.2) is 107 Å².